The minimum absolute atomic E-state index is 0.0518. The number of aliphatic hydroxyl groups excluding tert-OH is 1. The van der Waals surface area contributed by atoms with Gasteiger partial charge in [0.1, 0.15) is 31.5 Å². The monoisotopic (exact) mass is 494 g/mol. The number of carbonyl (C=O) groups excluding carboxylic acids is 1. The Kier molecular flexibility index (Phi) is 10.5. The molecular formula is C29H31FO6. The number of aromatic hydroxyl groups is 1. The molecule has 6 nitrogen and oxygen atoms in total. The molecule has 3 rings (SSSR count). The number of aliphatic hydroxyl groups is 1. The maximum Gasteiger partial charge on any atom is 0.335 e. The fourth-order valence-electron chi connectivity index (χ4n) is 3.68. The van der Waals surface area contributed by atoms with E-state index in [0.29, 0.717) is 12.2 Å². The number of esters is 1. The molecule has 36 heavy (non-hydrogen) atoms. The Labute approximate surface area is 210 Å². The van der Waals surface area contributed by atoms with Crippen LogP contribution in [-0.4, -0.2) is 49.5 Å². The lowest BCUT2D eigenvalue weighted by Gasteiger charge is -2.14. The van der Waals surface area contributed by atoms with Crippen LogP contribution in [0.1, 0.15) is 18.4 Å². The van der Waals surface area contributed by atoms with Gasteiger partial charge in [-0.3, -0.25) is 4.39 Å². The van der Waals surface area contributed by atoms with Gasteiger partial charge in [0.25, 0.3) is 0 Å². The normalized spacial score (nSPS) is 10.7. The molecule has 0 spiro atoms. The van der Waals surface area contributed by atoms with Crippen molar-refractivity contribution in [3.05, 3.63) is 84.4 Å². The van der Waals surface area contributed by atoms with Gasteiger partial charge in [-0.25, -0.2) is 4.79 Å². The van der Waals surface area contributed by atoms with Crippen LogP contribution in [0, 0.1) is 0 Å². The van der Waals surface area contributed by atoms with Gasteiger partial charge in [-0.2, -0.15) is 0 Å². The number of alkyl halides is 1. The molecule has 0 fully saturated rings. The number of rotatable bonds is 14. The number of aryl methyl sites for hydroxylation is 1. The van der Waals surface area contributed by atoms with E-state index in [2.05, 4.69) is 18.7 Å². The van der Waals surface area contributed by atoms with Crippen molar-refractivity contribution >= 4 is 5.97 Å². The number of benzene rings is 3. The fourth-order valence-corrected chi connectivity index (χ4v) is 3.68. The van der Waals surface area contributed by atoms with E-state index in [1.165, 1.54) is 0 Å². The Morgan fingerprint density at radius 3 is 2.28 bits per heavy atom. The Bertz CT molecular complexity index is 1130. The van der Waals surface area contributed by atoms with Gasteiger partial charge < -0.3 is 24.4 Å². The Morgan fingerprint density at radius 1 is 0.889 bits per heavy atom. The van der Waals surface area contributed by atoms with Crippen molar-refractivity contribution in [2.75, 3.05) is 33.3 Å². The Morgan fingerprint density at radius 2 is 1.58 bits per heavy atom. The predicted octanol–water partition coefficient (Wildman–Crippen LogP) is 5.46. The molecule has 0 saturated carbocycles. The van der Waals surface area contributed by atoms with Crippen LogP contribution >= 0.6 is 0 Å². The molecule has 0 heterocycles. The number of phenolic OH excluding ortho intramolecular Hbond substituents is 1. The predicted molar refractivity (Wildman–Crippen MR) is 137 cm³/mol. The Hall–Kier alpha value is -3.68. The van der Waals surface area contributed by atoms with Gasteiger partial charge in [-0.05, 0) is 71.3 Å². The first-order valence-corrected chi connectivity index (χ1v) is 11.8. The lowest BCUT2D eigenvalue weighted by Crippen LogP contribution is -2.16. The molecule has 190 valence electrons. The van der Waals surface area contributed by atoms with Gasteiger partial charge >= 0.3 is 5.97 Å². The summed E-state index contributed by atoms with van der Waals surface area (Å²) in [5.41, 5.74) is 5.36. The standard InChI is InChI=1S/C29H31FO6/c1-21(19-34-20-31)29(33)36-17-16-35-27-12-7-23(8-13-27)28-14-9-24(18-25(28)4-2-3-15-30)22-5-10-26(32)11-6-22/h5-14,18,31-32H,1-4,15-17,19-20H2. The number of carbonyl (C=O) groups is 1. The number of ether oxygens (including phenoxy) is 3. The second kappa shape index (κ2) is 14.0. The summed E-state index contributed by atoms with van der Waals surface area (Å²) in [4.78, 5) is 11.7. The van der Waals surface area contributed by atoms with E-state index in [-0.39, 0.29) is 37.8 Å². The summed E-state index contributed by atoms with van der Waals surface area (Å²) in [6, 6.07) is 20.9. The van der Waals surface area contributed by atoms with Crippen LogP contribution in [0.5, 0.6) is 11.5 Å². The summed E-state index contributed by atoms with van der Waals surface area (Å²) in [5, 5.41) is 18.2. The third-order valence-electron chi connectivity index (χ3n) is 5.54. The minimum atomic E-state index is -0.599. The highest BCUT2D eigenvalue weighted by Crippen LogP contribution is 2.31. The Balaban J connectivity index is 1.64. The third kappa shape index (κ3) is 7.93. The van der Waals surface area contributed by atoms with E-state index in [1.807, 2.05) is 42.5 Å². The quantitative estimate of drug-likeness (QED) is 0.134. The van der Waals surface area contributed by atoms with Gasteiger partial charge in [0.2, 0.25) is 0 Å². The van der Waals surface area contributed by atoms with E-state index < -0.39 is 12.8 Å². The first-order valence-electron chi connectivity index (χ1n) is 11.8. The van der Waals surface area contributed by atoms with Crippen LogP contribution in [0.15, 0.2) is 78.9 Å². The largest absolute Gasteiger partial charge is 0.508 e. The summed E-state index contributed by atoms with van der Waals surface area (Å²) < 4.78 is 28.2. The van der Waals surface area contributed by atoms with E-state index in [9.17, 15) is 14.3 Å². The van der Waals surface area contributed by atoms with Crippen LogP contribution in [0.3, 0.4) is 0 Å². The maximum atomic E-state index is 12.7. The molecular weight excluding hydrogens is 463 g/mol. The summed E-state index contributed by atoms with van der Waals surface area (Å²) in [7, 11) is 0. The summed E-state index contributed by atoms with van der Waals surface area (Å²) in [6.07, 6.45) is 2.02. The lowest BCUT2D eigenvalue weighted by molar-refractivity contribution is -0.140. The molecule has 2 N–H and O–H groups in total. The van der Waals surface area contributed by atoms with E-state index in [1.54, 1.807) is 12.1 Å². The molecule has 0 atom stereocenters. The summed E-state index contributed by atoms with van der Waals surface area (Å²) >= 11 is 0. The average Bonchev–Trinajstić information content (AvgIpc) is 2.90. The van der Waals surface area contributed by atoms with E-state index >= 15 is 0 Å². The van der Waals surface area contributed by atoms with Crippen molar-refractivity contribution < 1.29 is 33.6 Å². The zero-order chi connectivity index (χ0) is 25.8. The van der Waals surface area contributed by atoms with Gasteiger partial charge in [-0.1, -0.05) is 49.0 Å². The molecule has 0 aliphatic heterocycles. The molecule has 0 saturated heterocycles. The number of hydrogen-bond acceptors (Lipinski definition) is 6. The SMILES string of the molecule is C=C(COCO)C(=O)OCCOc1ccc(-c2ccc(-c3ccc(O)cc3)cc2CCCCF)cc1. The van der Waals surface area contributed by atoms with Crippen LogP contribution in [-0.2, 0) is 20.7 Å². The van der Waals surface area contributed by atoms with Gasteiger partial charge in [-0.15, -0.1) is 0 Å². The molecule has 0 aliphatic rings. The summed E-state index contributed by atoms with van der Waals surface area (Å²) in [6.45, 7) is 2.85. The van der Waals surface area contributed by atoms with Gasteiger partial charge in [0.05, 0.1) is 18.9 Å². The van der Waals surface area contributed by atoms with E-state index in [0.717, 1.165) is 40.7 Å². The molecule has 3 aromatic carbocycles. The molecule has 0 radical (unpaired) electrons. The van der Waals surface area contributed by atoms with Crippen molar-refractivity contribution in [3.8, 4) is 33.8 Å². The van der Waals surface area contributed by atoms with Crippen LogP contribution in [0.4, 0.5) is 4.39 Å². The van der Waals surface area contributed by atoms with Crippen molar-refractivity contribution in [2.24, 2.45) is 0 Å². The van der Waals surface area contributed by atoms with Crippen molar-refractivity contribution in [1.29, 1.82) is 0 Å². The number of halogens is 1. The van der Waals surface area contributed by atoms with Crippen molar-refractivity contribution in [2.45, 2.75) is 19.3 Å². The first-order chi connectivity index (χ1) is 17.5. The van der Waals surface area contributed by atoms with Crippen molar-refractivity contribution in [1.82, 2.24) is 0 Å². The topological polar surface area (TPSA) is 85.2 Å². The number of hydrogen-bond donors (Lipinski definition) is 2. The summed E-state index contributed by atoms with van der Waals surface area (Å²) in [5.74, 6) is 0.257. The van der Waals surface area contributed by atoms with Crippen LogP contribution in [0.2, 0.25) is 0 Å². The average molecular weight is 495 g/mol. The zero-order valence-electron chi connectivity index (χ0n) is 20.1. The molecule has 0 amide bonds. The number of unbranched alkanes of at least 4 members (excludes halogenated alkanes) is 1. The second-order valence-electron chi connectivity index (χ2n) is 8.15. The third-order valence-corrected chi connectivity index (χ3v) is 5.54. The molecule has 0 bridgehead atoms. The van der Waals surface area contributed by atoms with Gasteiger partial charge in [0, 0.05) is 0 Å². The molecule has 7 heteroatoms. The number of phenols is 1. The molecule has 0 aliphatic carbocycles. The highest BCUT2D eigenvalue weighted by atomic mass is 19.1. The second-order valence-corrected chi connectivity index (χ2v) is 8.15. The van der Waals surface area contributed by atoms with Crippen LogP contribution < -0.4 is 4.74 Å². The zero-order valence-corrected chi connectivity index (χ0v) is 20.1. The smallest absolute Gasteiger partial charge is 0.335 e. The van der Waals surface area contributed by atoms with E-state index in [4.69, 9.17) is 19.3 Å². The van der Waals surface area contributed by atoms with Gasteiger partial charge in [0.15, 0.2) is 0 Å². The first kappa shape index (κ1) is 26.9. The molecule has 0 aromatic heterocycles. The van der Waals surface area contributed by atoms with Crippen molar-refractivity contribution in [3.63, 3.8) is 0 Å². The highest BCUT2D eigenvalue weighted by Gasteiger charge is 2.10. The lowest BCUT2D eigenvalue weighted by atomic mass is 9.92. The maximum absolute atomic E-state index is 12.7. The highest BCUT2D eigenvalue weighted by molar-refractivity contribution is 5.87. The molecule has 0 unspecified atom stereocenters. The fraction of sp³-hybridized carbons (Fsp3) is 0.276. The van der Waals surface area contributed by atoms with Crippen LogP contribution in [0.25, 0.3) is 22.3 Å². The minimum Gasteiger partial charge on any atom is -0.508 e. The molecule has 3 aromatic rings.